The first-order chi connectivity index (χ1) is 16.8. The first-order valence-corrected chi connectivity index (χ1v) is 12.3. The molecule has 0 spiro atoms. The van der Waals surface area contributed by atoms with Gasteiger partial charge in [0.2, 0.25) is 12.7 Å². The number of amides is 2. The molecule has 0 fully saturated rings. The fourth-order valence-electron chi connectivity index (χ4n) is 4.52. The highest BCUT2D eigenvalue weighted by molar-refractivity contribution is 5.87. The first-order valence-electron chi connectivity index (χ1n) is 12.3. The van der Waals surface area contributed by atoms with Crippen LogP contribution in [0.5, 0.6) is 11.5 Å². The van der Waals surface area contributed by atoms with Crippen molar-refractivity contribution in [1.29, 1.82) is 0 Å². The Morgan fingerprint density at radius 1 is 1.06 bits per heavy atom. The summed E-state index contributed by atoms with van der Waals surface area (Å²) in [5.74, 6) is 1.73. The van der Waals surface area contributed by atoms with E-state index in [4.69, 9.17) is 9.47 Å². The van der Waals surface area contributed by atoms with Crippen LogP contribution < -0.4 is 19.7 Å². The van der Waals surface area contributed by atoms with Crippen LogP contribution in [-0.4, -0.2) is 55.3 Å². The van der Waals surface area contributed by atoms with Crippen molar-refractivity contribution in [2.75, 3.05) is 38.4 Å². The van der Waals surface area contributed by atoms with Crippen LogP contribution in [-0.2, 0) is 22.7 Å². The molecule has 8 nitrogen and oxygen atoms in total. The predicted octanol–water partition coefficient (Wildman–Crippen LogP) is 3.47. The second-order valence-corrected chi connectivity index (χ2v) is 9.74. The molecule has 0 saturated heterocycles. The van der Waals surface area contributed by atoms with Gasteiger partial charge in [0.25, 0.3) is 5.91 Å². The van der Waals surface area contributed by atoms with Gasteiger partial charge in [0.1, 0.15) is 0 Å². The van der Waals surface area contributed by atoms with E-state index in [9.17, 15) is 9.59 Å². The van der Waals surface area contributed by atoms with E-state index in [-0.39, 0.29) is 31.7 Å². The van der Waals surface area contributed by atoms with Crippen LogP contribution in [0, 0.1) is 12.8 Å². The van der Waals surface area contributed by atoms with Crippen molar-refractivity contribution in [2.45, 2.75) is 46.7 Å². The average molecular weight is 481 g/mol. The number of likely N-dealkylation sites (N-methyl/N-ethyl adjacent to an activating group) is 1. The summed E-state index contributed by atoms with van der Waals surface area (Å²) in [5, 5.41) is 6.72. The fraction of sp³-hybridized carbons (Fsp3) is 0.481. The third kappa shape index (κ3) is 6.06. The molecule has 0 aromatic heterocycles. The number of nitrogens with one attached hydrogen (secondary N) is 1. The molecule has 8 heteroatoms. The number of anilines is 1. The normalized spacial score (nSPS) is 14.2. The number of hydrazine groups is 1. The van der Waals surface area contributed by atoms with Gasteiger partial charge in [0.05, 0.1) is 13.1 Å². The SMILES string of the molecule is Cc1cc2c(cc1N(CC(=O)NCCCC(C)C)CC(=O)N(C)N1Cc3ccccc3C1)OCO2. The third-order valence-electron chi connectivity index (χ3n) is 6.58. The quantitative estimate of drug-likeness (QED) is 0.525. The van der Waals surface area contributed by atoms with E-state index in [0.29, 0.717) is 37.1 Å². The molecule has 0 unspecified atom stereocenters. The zero-order valence-corrected chi connectivity index (χ0v) is 21.2. The van der Waals surface area contributed by atoms with Gasteiger partial charge in [-0.3, -0.25) is 14.6 Å². The van der Waals surface area contributed by atoms with Crippen molar-refractivity contribution in [3.05, 3.63) is 53.1 Å². The molecule has 35 heavy (non-hydrogen) atoms. The zero-order chi connectivity index (χ0) is 24.9. The number of rotatable bonds is 10. The Balaban J connectivity index is 1.46. The molecule has 0 bridgehead atoms. The Morgan fingerprint density at radius 2 is 1.71 bits per heavy atom. The lowest BCUT2D eigenvalue weighted by Crippen LogP contribution is -2.48. The molecule has 2 amide bonds. The number of aryl methyl sites for hydroxylation is 1. The lowest BCUT2D eigenvalue weighted by molar-refractivity contribution is -0.145. The number of carbonyl (C=O) groups is 2. The highest BCUT2D eigenvalue weighted by Gasteiger charge is 2.28. The molecular weight excluding hydrogens is 444 g/mol. The lowest BCUT2D eigenvalue weighted by Gasteiger charge is -2.32. The van der Waals surface area contributed by atoms with Gasteiger partial charge in [-0.05, 0) is 48.4 Å². The number of hydrogen-bond acceptors (Lipinski definition) is 6. The summed E-state index contributed by atoms with van der Waals surface area (Å²) in [6.07, 6.45) is 2.00. The van der Waals surface area contributed by atoms with E-state index in [1.807, 2.05) is 41.1 Å². The highest BCUT2D eigenvalue weighted by Crippen LogP contribution is 2.38. The summed E-state index contributed by atoms with van der Waals surface area (Å²) in [5.41, 5.74) is 4.18. The van der Waals surface area contributed by atoms with Gasteiger partial charge >= 0.3 is 0 Å². The number of benzene rings is 2. The van der Waals surface area contributed by atoms with E-state index in [1.54, 1.807) is 12.1 Å². The van der Waals surface area contributed by atoms with E-state index in [2.05, 4.69) is 31.3 Å². The Morgan fingerprint density at radius 3 is 2.37 bits per heavy atom. The minimum Gasteiger partial charge on any atom is -0.454 e. The molecule has 2 aliphatic rings. The van der Waals surface area contributed by atoms with Crippen LogP contribution >= 0.6 is 0 Å². The van der Waals surface area contributed by atoms with E-state index >= 15 is 0 Å². The highest BCUT2D eigenvalue weighted by atomic mass is 16.7. The van der Waals surface area contributed by atoms with E-state index in [1.165, 1.54) is 11.1 Å². The Hall–Kier alpha value is -3.26. The Kier molecular flexibility index (Phi) is 7.80. The van der Waals surface area contributed by atoms with Gasteiger partial charge in [-0.15, -0.1) is 0 Å². The zero-order valence-electron chi connectivity index (χ0n) is 21.2. The second kappa shape index (κ2) is 11.0. The summed E-state index contributed by atoms with van der Waals surface area (Å²) in [6.45, 7) is 8.65. The van der Waals surface area contributed by atoms with Gasteiger partial charge in [0.15, 0.2) is 11.5 Å². The summed E-state index contributed by atoms with van der Waals surface area (Å²) >= 11 is 0. The van der Waals surface area contributed by atoms with Crippen molar-refractivity contribution in [3.8, 4) is 11.5 Å². The molecule has 2 aromatic carbocycles. The van der Waals surface area contributed by atoms with Crippen molar-refractivity contribution in [1.82, 2.24) is 15.3 Å². The largest absolute Gasteiger partial charge is 0.454 e. The Labute approximate surface area is 207 Å². The van der Waals surface area contributed by atoms with Gasteiger partial charge in [0, 0.05) is 38.4 Å². The molecule has 188 valence electrons. The molecule has 1 N–H and O–H groups in total. The molecule has 0 atom stereocenters. The van der Waals surface area contributed by atoms with Gasteiger partial charge in [-0.25, -0.2) is 5.01 Å². The minimum absolute atomic E-state index is 0.0727. The number of ether oxygens (including phenoxy) is 2. The van der Waals surface area contributed by atoms with Crippen LogP contribution in [0.25, 0.3) is 0 Å². The van der Waals surface area contributed by atoms with Gasteiger partial charge in [-0.2, -0.15) is 0 Å². The molecule has 2 heterocycles. The maximum atomic E-state index is 13.4. The molecular formula is C27H36N4O4. The maximum Gasteiger partial charge on any atom is 0.256 e. The third-order valence-corrected chi connectivity index (χ3v) is 6.58. The van der Waals surface area contributed by atoms with Crippen molar-refractivity contribution in [2.24, 2.45) is 5.92 Å². The summed E-state index contributed by atoms with van der Waals surface area (Å²) < 4.78 is 11.1. The number of fused-ring (bicyclic) bond motifs is 2. The van der Waals surface area contributed by atoms with Crippen LogP contribution in [0.2, 0.25) is 0 Å². The number of nitrogens with zero attached hydrogens (tertiary/aromatic N) is 3. The van der Waals surface area contributed by atoms with Gasteiger partial charge < -0.3 is 19.7 Å². The molecule has 0 saturated carbocycles. The van der Waals surface area contributed by atoms with E-state index < -0.39 is 0 Å². The van der Waals surface area contributed by atoms with Crippen LogP contribution in [0.3, 0.4) is 0 Å². The predicted molar refractivity (Wildman–Crippen MR) is 135 cm³/mol. The second-order valence-electron chi connectivity index (χ2n) is 9.74. The molecule has 2 aliphatic heterocycles. The Bertz CT molecular complexity index is 1050. The van der Waals surface area contributed by atoms with Crippen LogP contribution in [0.4, 0.5) is 5.69 Å². The maximum absolute atomic E-state index is 13.4. The summed E-state index contributed by atoms with van der Waals surface area (Å²) in [6, 6.07) is 12.0. The number of hydrogen-bond donors (Lipinski definition) is 1. The average Bonchev–Trinajstić information content (AvgIpc) is 3.46. The van der Waals surface area contributed by atoms with Crippen molar-refractivity contribution in [3.63, 3.8) is 0 Å². The molecule has 4 rings (SSSR count). The smallest absolute Gasteiger partial charge is 0.256 e. The van der Waals surface area contributed by atoms with Crippen LogP contribution in [0.15, 0.2) is 36.4 Å². The minimum atomic E-state index is -0.102. The lowest BCUT2D eigenvalue weighted by atomic mass is 10.1. The van der Waals surface area contributed by atoms with Crippen molar-refractivity contribution >= 4 is 17.5 Å². The van der Waals surface area contributed by atoms with Crippen molar-refractivity contribution < 1.29 is 19.1 Å². The summed E-state index contributed by atoms with van der Waals surface area (Å²) in [7, 11) is 1.80. The molecule has 0 radical (unpaired) electrons. The van der Waals surface area contributed by atoms with Gasteiger partial charge in [-0.1, -0.05) is 38.1 Å². The fourth-order valence-corrected chi connectivity index (χ4v) is 4.52. The molecule has 2 aromatic rings. The number of carbonyl (C=O) groups excluding carboxylic acids is 2. The topological polar surface area (TPSA) is 74.4 Å². The monoisotopic (exact) mass is 480 g/mol. The van der Waals surface area contributed by atoms with E-state index in [0.717, 1.165) is 24.1 Å². The summed E-state index contributed by atoms with van der Waals surface area (Å²) in [4.78, 5) is 28.0. The van der Waals surface area contributed by atoms with Crippen LogP contribution in [0.1, 0.15) is 43.4 Å². The standard InChI is InChI=1S/C27H36N4O4/c1-19(2)8-7-11-28-26(32)16-30(23-13-25-24(12-20(23)3)34-18-35-25)17-27(33)29(4)31-14-21-9-5-6-10-22(21)15-31/h5-6,9-10,12-13,19H,7-8,11,14-18H2,1-4H3,(H,28,32). The molecule has 0 aliphatic carbocycles. The first kappa shape index (κ1) is 24.9.